The number of hydrogen-bond acceptors (Lipinski definition) is 3. The van der Waals surface area contributed by atoms with E-state index in [-0.39, 0.29) is 6.04 Å². The molecule has 98 valence electrons. The highest BCUT2D eigenvalue weighted by Crippen LogP contribution is 2.29. The van der Waals surface area contributed by atoms with Gasteiger partial charge in [0, 0.05) is 12.6 Å². The van der Waals surface area contributed by atoms with Crippen LogP contribution in [-0.2, 0) is 0 Å². The predicted octanol–water partition coefficient (Wildman–Crippen LogP) is 2.39. The van der Waals surface area contributed by atoms with Crippen molar-refractivity contribution in [1.82, 2.24) is 10.2 Å². The van der Waals surface area contributed by atoms with E-state index in [9.17, 15) is 0 Å². The van der Waals surface area contributed by atoms with Crippen molar-refractivity contribution in [2.45, 2.75) is 59.0 Å². The lowest BCUT2D eigenvalue weighted by molar-refractivity contribution is 0.129. The molecule has 1 rings (SSSR count). The Morgan fingerprint density at radius 3 is 2.35 bits per heavy atom. The van der Waals surface area contributed by atoms with Crippen molar-refractivity contribution >= 4 is 0 Å². The average Bonchev–Trinajstić information content (AvgIpc) is 2.25. The Balaban J connectivity index is 2.25. The van der Waals surface area contributed by atoms with Crippen molar-refractivity contribution in [3.05, 3.63) is 0 Å². The molecule has 17 heavy (non-hydrogen) atoms. The number of nitrogens with zero attached hydrogens (tertiary/aromatic N) is 2. The van der Waals surface area contributed by atoms with Gasteiger partial charge in [-0.3, -0.25) is 5.32 Å². The van der Waals surface area contributed by atoms with Gasteiger partial charge in [-0.05, 0) is 51.6 Å². The van der Waals surface area contributed by atoms with Crippen LogP contribution in [0.5, 0.6) is 0 Å². The largest absolute Gasteiger partial charge is 0.303 e. The molecular formula is C14H27N3. The van der Waals surface area contributed by atoms with Crippen LogP contribution in [0.1, 0.15) is 47.0 Å². The Hall–Kier alpha value is -0.590. The summed E-state index contributed by atoms with van der Waals surface area (Å²) in [5.41, 5.74) is 0.515. The molecule has 1 saturated heterocycles. The Kier molecular flexibility index (Phi) is 5.42. The number of nitriles is 1. The third-order valence-corrected chi connectivity index (χ3v) is 3.63. The second kappa shape index (κ2) is 6.37. The lowest BCUT2D eigenvalue weighted by atomic mass is 9.82. The topological polar surface area (TPSA) is 39.1 Å². The predicted molar refractivity (Wildman–Crippen MR) is 71.7 cm³/mol. The summed E-state index contributed by atoms with van der Waals surface area (Å²) in [6.45, 7) is 12.3. The fourth-order valence-corrected chi connectivity index (χ4v) is 2.28. The first-order valence-electron chi connectivity index (χ1n) is 6.81. The number of hydrogen-bond donors (Lipinski definition) is 1. The van der Waals surface area contributed by atoms with Gasteiger partial charge in [0.2, 0.25) is 0 Å². The van der Waals surface area contributed by atoms with Crippen molar-refractivity contribution in [2.75, 3.05) is 19.6 Å². The highest BCUT2D eigenvalue weighted by molar-refractivity contribution is 4.91. The molecule has 0 aliphatic carbocycles. The van der Waals surface area contributed by atoms with Crippen LogP contribution in [0, 0.1) is 16.7 Å². The summed E-state index contributed by atoms with van der Waals surface area (Å²) >= 11 is 0. The molecule has 3 nitrogen and oxygen atoms in total. The van der Waals surface area contributed by atoms with E-state index in [1.54, 1.807) is 0 Å². The number of likely N-dealkylation sites (tertiary alicyclic amines) is 1. The van der Waals surface area contributed by atoms with Crippen LogP contribution in [0.3, 0.4) is 0 Å². The molecule has 1 atom stereocenters. The Bertz CT molecular complexity index is 255. The van der Waals surface area contributed by atoms with E-state index < -0.39 is 0 Å². The Morgan fingerprint density at radius 1 is 1.29 bits per heavy atom. The zero-order valence-electron chi connectivity index (χ0n) is 11.8. The summed E-state index contributed by atoms with van der Waals surface area (Å²) in [6.07, 6.45) is 3.50. The lowest BCUT2D eigenvalue weighted by Gasteiger charge is -2.37. The van der Waals surface area contributed by atoms with Gasteiger partial charge in [-0.15, -0.1) is 0 Å². The van der Waals surface area contributed by atoms with E-state index in [0.717, 1.165) is 13.0 Å². The lowest BCUT2D eigenvalue weighted by Crippen LogP contribution is -2.41. The first-order chi connectivity index (χ1) is 7.93. The van der Waals surface area contributed by atoms with Gasteiger partial charge >= 0.3 is 0 Å². The zero-order valence-corrected chi connectivity index (χ0v) is 11.8. The van der Waals surface area contributed by atoms with Crippen molar-refractivity contribution in [3.63, 3.8) is 0 Å². The number of rotatable bonds is 5. The molecule has 0 aromatic rings. The molecule has 0 bridgehead atoms. The molecule has 0 saturated carbocycles. The summed E-state index contributed by atoms with van der Waals surface area (Å²) in [6, 6.07) is 2.74. The van der Waals surface area contributed by atoms with Gasteiger partial charge in [-0.1, -0.05) is 13.8 Å². The van der Waals surface area contributed by atoms with Crippen molar-refractivity contribution in [1.29, 1.82) is 5.26 Å². The minimum Gasteiger partial charge on any atom is -0.303 e. The molecule has 0 radical (unpaired) electrons. The summed E-state index contributed by atoms with van der Waals surface area (Å²) in [4.78, 5) is 2.50. The molecule has 0 aromatic heterocycles. The van der Waals surface area contributed by atoms with Crippen LogP contribution in [0.4, 0.5) is 0 Å². The maximum atomic E-state index is 9.06. The molecule has 0 amide bonds. The quantitative estimate of drug-likeness (QED) is 0.798. The minimum atomic E-state index is 0.00457. The van der Waals surface area contributed by atoms with Gasteiger partial charge in [0.25, 0.3) is 0 Å². The van der Waals surface area contributed by atoms with Crippen LogP contribution >= 0.6 is 0 Å². The SMILES string of the molecule is CC(C)NC(C#N)CCN1CCC(C)(C)CC1. The normalized spacial score (nSPS) is 22.4. The van der Waals surface area contributed by atoms with E-state index >= 15 is 0 Å². The first kappa shape index (κ1) is 14.5. The molecule has 1 heterocycles. The van der Waals surface area contributed by atoms with E-state index in [1.807, 2.05) is 0 Å². The van der Waals surface area contributed by atoms with Crippen LogP contribution in [0.15, 0.2) is 0 Å². The van der Waals surface area contributed by atoms with E-state index in [0.29, 0.717) is 11.5 Å². The van der Waals surface area contributed by atoms with Gasteiger partial charge in [-0.2, -0.15) is 5.26 Å². The van der Waals surface area contributed by atoms with Crippen LogP contribution in [-0.4, -0.2) is 36.6 Å². The number of nitrogens with one attached hydrogen (secondary N) is 1. The van der Waals surface area contributed by atoms with Crippen LogP contribution < -0.4 is 5.32 Å². The molecule has 1 aliphatic heterocycles. The van der Waals surface area contributed by atoms with Crippen LogP contribution in [0.2, 0.25) is 0 Å². The summed E-state index contributed by atoms with van der Waals surface area (Å²) < 4.78 is 0. The summed E-state index contributed by atoms with van der Waals surface area (Å²) in [7, 11) is 0. The third-order valence-electron chi connectivity index (χ3n) is 3.63. The van der Waals surface area contributed by atoms with E-state index in [1.165, 1.54) is 25.9 Å². The summed E-state index contributed by atoms with van der Waals surface area (Å²) in [5, 5.41) is 12.4. The zero-order chi connectivity index (χ0) is 12.9. The standard InChI is InChI=1S/C14H27N3/c1-12(2)16-13(11-15)5-8-17-9-6-14(3,4)7-10-17/h12-13,16H,5-10H2,1-4H3. The Labute approximate surface area is 106 Å². The minimum absolute atomic E-state index is 0.00457. The average molecular weight is 237 g/mol. The second-order valence-corrected chi connectivity index (χ2v) is 6.30. The smallest absolute Gasteiger partial charge is 0.0967 e. The molecule has 0 spiro atoms. The fourth-order valence-electron chi connectivity index (χ4n) is 2.28. The molecule has 0 aromatic carbocycles. The molecular weight excluding hydrogens is 210 g/mol. The van der Waals surface area contributed by atoms with Gasteiger partial charge in [0.05, 0.1) is 12.1 Å². The highest BCUT2D eigenvalue weighted by Gasteiger charge is 2.25. The monoisotopic (exact) mass is 237 g/mol. The van der Waals surface area contributed by atoms with E-state index in [4.69, 9.17) is 5.26 Å². The molecule has 1 N–H and O–H groups in total. The van der Waals surface area contributed by atoms with Crippen molar-refractivity contribution < 1.29 is 0 Å². The maximum Gasteiger partial charge on any atom is 0.0967 e. The molecule has 1 unspecified atom stereocenters. The summed E-state index contributed by atoms with van der Waals surface area (Å²) in [5.74, 6) is 0. The first-order valence-corrected chi connectivity index (χ1v) is 6.81. The van der Waals surface area contributed by atoms with Gasteiger partial charge in [0.1, 0.15) is 0 Å². The highest BCUT2D eigenvalue weighted by atomic mass is 15.1. The van der Waals surface area contributed by atoms with Crippen molar-refractivity contribution in [2.24, 2.45) is 5.41 Å². The van der Waals surface area contributed by atoms with Gasteiger partial charge in [-0.25, -0.2) is 0 Å². The molecule has 1 aliphatic rings. The van der Waals surface area contributed by atoms with Crippen LogP contribution in [0.25, 0.3) is 0 Å². The fraction of sp³-hybridized carbons (Fsp3) is 0.929. The number of piperidine rings is 1. The molecule has 3 heteroatoms. The third kappa shape index (κ3) is 5.52. The maximum absolute atomic E-state index is 9.06. The molecule has 1 fully saturated rings. The van der Waals surface area contributed by atoms with Gasteiger partial charge < -0.3 is 4.90 Å². The van der Waals surface area contributed by atoms with Gasteiger partial charge in [0.15, 0.2) is 0 Å². The van der Waals surface area contributed by atoms with Crippen molar-refractivity contribution in [3.8, 4) is 6.07 Å². The second-order valence-electron chi connectivity index (χ2n) is 6.30. The van der Waals surface area contributed by atoms with E-state index in [2.05, 4.69) is 44.0 Å². The Morgan fingerprint density at radius 2 is 1.88 bits per heavy atom.